The van der Waals surface area contributed by atoms with Gasteiger partial charge in [0, 0.05) is 24.9 Å². The van der Waals surface area contributed by atoms with Gasteiger partial charge in [-0.2, -0.15) is 5.26 Å². The topological polar surface area (TPSA) is 101 Å². The summed E-state index contributed by atoms with van der Waals surface area (Å²) in [5.74, 6) is 0.496. The fourth-order valence-corrected chi connectivity index (χ4v) is 1.74. The van der Waals surface area contributed by atoms with E-state index in [1.807, 2.05) is 6.07 Å². The van der Waals surface area contributed by atoms with Crippen LogP contribution in [0.3, 0.4) is 0 Å². The Kier molecular flexibility index (Phi) is 4.31. The van der Waals surface area contributed by atoms with Crippen molar-refractivity contribution < 1.29 is 9.66 Å². The van der Waals surface area contributed by atoms with E-state index in [0.717, 1.165) is 5.56 Å². The minimum atomic E-state index is -0.490. The molecule has 21 heavy (non-hydrogen) atoms. The van der Waals surface area contributed by atoms with E-state index >= 15 is 0 Å². The molecule has 1 aromatic carbocycles. The van der Waals surface area contributed by atoms with Gasteiger partial charge >= 0.3 is 0 Å². The van der Waals surface area contributed by atoms with E-state index in [-0.39, 0.29) is 5.69 Å². The van der Waals surface area contributed by atoms with Gasteiger partial charge < -0.3 is 10.1 Å². The molecule has 0 saturated carbocycles. The van der Waals surface area contributed by atoms with Gasteiger partial charge in [0.1, 0.15) is 5.69 Å². The van der Waals surface area contributed by atoms with Crippen LogP contribution in [0.5, 0.6) is 5.88 Å². The number of methoxy groups -OCH3 is 1. The molecule has 0 aliphatic heterocycles. The Labute approximate surface area is 121 Å². The number of ether oxygens (including phenoxy) is 1. The van der Waals surface area contributed by atoms with Gasteiger partial charge in [0.25, 0.3) is 5.69 Å². The van der Waals surface area contributed by atoms with Crippen LogP contribution >= 0.6 is 0 Å². The molecule has 2 aromatic rings. The number of anilines is 1. The summed E-state index contributed by atoms with van der Waals surface area (Å²) in [5, 5.41) is 22.8. The monoisotopic (exact) mass is 284 g/mol. The highest BCUT2D eigenvalue weighted by Gasteiger charge is 2.14. The molecule has 1 N–H and O–H groups in total. The number of rotatable bonds is 5. The molecule has 0 radical (unpaired) electrons. The largest absolute Gasteiger partial charge is 0.481 e. The van der Waals surface area contributed by atoms with E-state index in [1.165, 1.54) is 25.3 Å². The van der Waals surface area contributed by atoms with Gasteiger partial charge in [0.15, 0.2) is 0 Å². The first-order valence-electron chi connectivity index (χ1n) is 6.05. The van der Waals surface area contributed by atoms with E-state index in [9.17, 15) is 10.1 Å². The Morgan fingerprint density at radius 3 is 2.81 bits per heavy atom. The normalized spacial score (nSPS) is 9.71. The van der Waals surface area contributed by atoms with Crippen molar-refractivity contribution in [2.24, 2.45) is 0 Å². The molecular weight excluding hydrogens is 272 g/mol. The Bertz CT molecular complexity index is 692. The second-order valence-electron chi connectivity index (χ2n) is 4.16. The van der Waals surface area contributed by atoms with Crippen LogP contribution in [0.1, 0.15) is 11.1 Å². The van der Waals surface area contributed by atoms with Crippen molar-refractivity contribution in [2.75, 3.05) is 12.4 Å². The number of pyridine rings is 1. The van der Waals surface area contributed by atoms with Gasteiger partial charge in [0.2, 0.25) is 5.88 Å². The predicted molar refractivity (Wildman–Crippen MR) is 75.9 cm³/mol. The molecule has 1 heterocycles. The zero-order valence-corrected chi connectivity index (χ0v) is 11.2. The zero-order chi connectivity index (χ0) is 15.2. The SMILES string of the molecule is COc1ccc(CNc2cc(C#N)ccc2[N+](=O)[O-])cn1. The highest BCUT2D eigenvalue weighted by Crippen LogP contribution is 2.25. The van der Waals surface area contributed by atoms with Crippen molar-refractivity contribution in [3.63, 3.8) is 0 Å². The summed E-state index contributed by atoms with van der Waals surface area (Å²) in [6.07, 6.45) is 1.62. The Balaban J connectivity index is 2.18. The molecule has 0 aliphatic rings. The third-order valence-corrected chi connectivity index (χ3v) is 2.81. The summed E-state index contributed by atoms with van der Waals surface area (Å²) in [7, 11) is 1.52. The molecule has 0 bridgehead atoms. The lowest BCUT2D eigenvalue weighted by Gasteiger charge is -2.08. The number of nitrogens with zero attached hydrogens (tertiary/aromatic N) is 3. The minimum absolute atomic E-state index is 0.0736. The van der Waals surface area contributed by atoms with Crippen LogP contribution in [0, 0.1) is 21.4 Å². The van der Waals surface area contributed by atoms with Crippen LogP contribution in [0.2, 0.25) is 0 Å². The smallest absolute Gasteiger partial charge is 0.292 e. The maximum atomic E-state index is 11.0. The molecule has 7 heteroatoms. The van der Waals surface area contributed by atoms with Gasteiger partial charge in [0.05, 0.1) is 23.7 Å². The number of hydrogen-bond donors (Lipinski definition) is 1. The molecule has 2 rings (SSSR count). The van der Waals surface area contributed by atoms with E-state index in [0.29, 0.717) is 23.7 Å². The van der Waals surface area contributed by atoms with Crippen molar-refractivity contribution in [1.82, 2.24) is 4.98 Å². The highest BCUT2D eigenvalue weighted by molar-refractivity contribution is 5.64. The number of nitriles is 1. The highest BCUT2D eigenvalue weighted by atomic mass is 16.6. The first-order valence-corrected chi connectivity index (χ1v) is 6.05. The molecule has 7 nitrogen and oxygen atoms in total. The lowest BCUT2D eigenvalue weighted by atomic mass is 10.2. The van der Waals surface area contributed by atoms with Crippen LogP contribution in [0.15, 0.2) is 36.5 Å². The standard InChI is InChI=1S/C14H12N4O3/c1-21-14-5-3-11(9-17-14)8-16-12-6-10(7-15)2-4-13(12)18(19)20/h2-6,9,16H,8H2,1H3. The molecule has 0 saturated heterocycles. The first kappa shape index (κ1) is 14.3. The van der Waals surface area contributed by atoms with E-state index in [1.54, 1.807) is 18.3 Å². The summed E-state index contributed by atoms with van der Waals surface area (Å²) >= 11 is 0. The number of aromatic nitrogens is 1. The Morgan fingerprint density at radius 2 is 2.24 bits per heavy atom. The molecule has 0 spiro atoms. The van der Waals surface area contributed by atoms with Crippen LogP contribution in [0.4, 0.5) is 11.4 Å². The van der Waals surface area contributed by atoms with Crippen molar-refractivity contribution in [3.8, 4) is 11.9 Å². The van der Waals surface area contributed by atoms with Crippen LogP contribution in [-0.2, 0) is 6.54 Å². The van der Waals surface area contributed by atoms with Crippen LogP contribution in [-0.4, -0.2) is 17.0 Å². The van der Waals surface area contributed by atoms with Gasteiger partial charge in [-0.3, -0.25) is 10.1 Å². The van der Waals surface area contributed by atoms with E-state index in [2.05, 4.69) is 10.3 Å². The van der Waals surface area contributed by atoms with Crippen LogP contribution in [0.25, 0.3) is 0 Å². The fraction of sp³-hybridized carbons (Fsp3) is 0.143. The van der Waals surface area contributed by atoms with E-state index < -0.39 is 4.92 Å². The molecule has 0 fully saturated rings. The van der Waals surface area contributed by atoms with Crippen LogP contribution < -0.4 is 10.1 Å². The van der Waals surface area contributed by atoms with Gasteiger partial charge in [-0.15, -0.1) is 0 Å². The zero-order valence-electron chi connectivity index (χ0n) is 11.2. The summed E-state index contributed by atoms with van der Waals surface area (Å²) in [5.41, 5.74) is 1.42. The Morgan fingerprint density at radius 1 is 1.43 bits per heavy atom. The number of nitro groups is 1. The maximum absolute atomic E-state index is 11.0. The van der Waals surface area contributed by atoms with Gasteiger partial charge in [-0.1, -0.05) is 6.07 Å². The second kappa shape index (κ2) is 6.34. The number of nitrogens with one attached hydrogen (secondary N) is 1. The summed E-state index contributed by atoms with van der Waals surface area (Å²) < 4.78 is 4.96. The molecular formula is C14H12N4O3. The molecule has 0 aliphatic carbocycles. The Hall–Kier alpha value is -3.14. The molecule has 106 valence electrons. The average molecular weight is 284 g/mol. The maximum Gasteiger partial charge on any atom is 0.292 e. The molecule has 0 atom stereocenters. The molecule has 1 aromatic heterocycles. The number of benzene rings is 1. The molecule has 0 amide bonds. The van der Waals surface area contributed by atoms with E-state index in [4.69, 9.17) is 10.00 Å². The molecule has 0 unspecified atom stereocenters. The van der Waals surface area contributed by atoms with Crippen molar-refractivity contribution in [1.29, 1.82) is 5.26 Å². The van der Waals surface area contributed by atoms with Crippen molar-refractivity contribution in [3.05, 3.63) is 57.8 Å². The average Bonchev–Trinajstić information content (AvgIpc) is 2.52. The first-order chi connectivity index (χ1) is 10.1. The lowest BCUT2D eigenvalue weighted by molar-refractivity contribution is -0.384. The lowest BCUT2D eigenvalue weighted by Crippen LogP contribution is -2.03. The minimum Gasteiger partial charge on any atom is -0.481 e. The third-order valence-electron chi connectivity index (χ3n) is 2.81. The number of hydrogen-bond acceptors (Lipinski definition) is 6. The van der Waals surface area contributed by atoms with Gasteiger partial charge in [-0.05, 0) is 17.7 Å². The summed E-state index contributed by atoms with van der Waals surface area (Å²) in [4.78, 5) is 14.5. The second-order valence-corrected chi connectivity index (χ2v) is 4.16. The van der Waals surface area contributed by atoms with Crippen molar-refractivity contribution >= 4 is 11.4 Å². The quantitative estimate of drug-likeness (QED) is 0.668. The third kappa shape index (κ3) is 3.45. The fourth-order valence-electron chi connectivity index (χ4n) is 1.74. The van der Waals surface area contributed by atoms with Gasteiger partial charge in [-0.25, -0.2) is 4.98 Å². The summed E-state index contributed by atoms with van der Waals surface area (Å²) in [6.45, 7) is 0.354. The number of nitro benzene ring substituents is 1. The predicted octanol–water partition coefficient (Wildman–Crippen LogP) is 2.48. The van der Waals surface area contributed by atoms with Crippen molar-refractivity contribution in [2.45, 2.75) is 6.54 Å². The summed E-state index contributed by atoms with van der Waals surface area (Å²) in [6, 6.07) is 9.65.